The van der Waals surface area contributed by atoms with E-state index in [9.17, 15) is 14.4 Å². The van der Waals surface area contributed by atoms with E-state index in [1.165, 1.54) is 0 Å². The molecule has 1 saturated carbocycles. The number of nitrogens with zero attached hydrogens (tertiary/aromatic N) is 2. The van der Waals surface area contributed by atoms with E-state index in [0.717, 1.165) is 11.1 Å². The molecule has 1 saturated heterocycles. The predicted molar refractivity (Wildman–Crippen MR) is 101 cm³/mol. The number of Topliss-reactive ketones (excluding diaryl/α,β-unsaturated/α-hetero) is 1. The molecule has 1 amide bonds. The monoisotopic (exact) mass is 361 g/mol. The zero-order chi connectivity index (χ0) is 18.6. The number of aromatic nitrogens is 2. The average molecular weight is 361 g/mol. The lowest BCUT2D eigenvalue weighted by molar-refractivity contribution is -0.142. The van der Waals surface area contributed by atoms with Crippen molar-refractivity contribution >= 4 is 22.7 Å². The van der Waals surface area contributed by atoms with Gasteiger partial charge in [-0.3, -0.25) is 14.2 Å². The van der Waals surface area contributed by atoms with Gasteiger partial charge in [-0.25, -0.2) is 4.79 Å². The number of ketones is 1. The molecule has 1 N–H and O–H groups in total. The van der Waals surface area contributed by atoms with Crippen molar-refractivity contribution in [1.82, 2.24) is 14.5 Å². The summed E-state index contributed by atoms with van der Waals surface area (Å²) >= 11 is 0. The minimum atomic E-state index is -0.186. The summed E-state index contributed by atoms with van der Waals surface area (Å²) in [6.45, 7) is 1.79. The largest absolute Gasteiger partial charge is 0.337 e. The first-order valence-corrected chi connectivity index (χ1v) is 9.11. The molecule has 2 fully saturated rings. The molecule has 1 aliphatic carbocycles. The minimum absolute atomic E-state index is 0.0430. The summed E-state index contributed by atoms with van der Waals surface area (Å²) in [5.41, 5.74) is 2.91. The van der Waals surface area contributed by atoms with Crippen LogP contribution in [0.25, 0.3) is 11.0 Å². The lowest BCUT2D eigenvalue weighted by Crippen LogP contribution is -2.64. The molecular weight excluding hydrogens is 342 g/mol. The fourth-order valence-electron chi connectivity index (χ4n) is 4.32. The van der Waals surface area contributed by atoms with Gasteiger partial charge in [-0.2, -0.15) is 0 Å². The van der Waals surface area contributed by atoms with Crippen LogP contribution in [-0.4, -0.2) is 39.2 Å². The Labute approximate surface area is 155 Å². The van der Waals surface area contributed by atoms with Crippen molar-refractivity contribution in [3.8, 4) is 0 Å². The number of hydrogen-bond donors (Lipinski definition) is 1. The van der Waals surface area contributed by atoms with Crippen LogP contribution in [0, 0.1) is 5.41 Å². The summed E-state index contributed by atoms with van der Waals surface area (Å²) in [6.07, 6.45) is 1.21. The second-order valence-corrected chi connectivity index (χ2v) is 7.79. The number of likely N-dealkylation sites (tertiary alicyclic amines) is 1. The summed E-state index contributed by atoms with van der Waals surface area (Å²) in [5.74, 6) is 0.249. The van der Waals surface area contributed by atoms with E-state index in [2.05, 4.69) is 4.98 Å². The Morgan fingerprint density at radius 3 is 2.48 bits per heavy atom. The molecule has 2 aliphatic rings. The molecular formula is C21H19N3O3. The third-order valence-corrected chi connectivity index (χ3v) is 5.69. The van der Waals surface area contributed by atoms with Crippen molar-refractivity contribution in [2.75, 3.05) is 13.1 Å². The summed E-state index contributed by atoms with van der Waals surface area (Å²) < 4.78 is 1.68. The Balaban J connectivity index is 1.39. The number of carbonyl (C=O) groups is 2. The topological polar surface area (TPSA) is 75.2 Å². The predicted octanol–water partition coefficient (Wildman–Crippen LogP) is 2.18. The van der Waals surface area contributed by atoms with Gasteiger partial charge in [-0.15, -0.1) is 0 Å². The van der Waals surface area contributed by atoms with Crippen LogP contribution >= 0.6 is 0 Å². The number of rotatable bonds is 3. The Morgan fingerprint density at radius 1 is 1.04 bits per heavy atom. The molecule has 1 aliphatic heterocycles. The van der Waals surface area contributed by atoms with Crippen LogP contribution in [0.4, 0.5) is 0 Å². The number of hydrogen-bond acceptors (Lipinski definition) is 3. The number of aromatic amines is 1. The SMILES string of the molecule is O=C1CC2(C1)CN(C(=O)c1ccc3c(c1)[nH]c(=O)n3Cc1ccccc1)C2. The average Bonchev–Trinajstić information content (AvgIpc) is 2.92. The lowest BCUT2D eigenvalue weighted by Gasteiger charge is -2.54. The van der Waals surface area contributed by atoms with Gasteiger partial charge in [0.15, 0.2) is 0 Å². The molecule has 0 atom stereocenters. The van der Waals surface area contributed by atoms with Crippen molar-refractivity contribution in [3.63, 3.8) is 0 Å². The molecule has 136 valence electrons. The highest BCUT2D eigenvalue weighted by atomic mass is 16.2. The van der Waals surface area contributed by atoms with Crippen molar-refractivity contribution < 1.29 is 9.59 Å². The number of benzene rings is 2. The fourth-order valence-corrected chi connectivity index (χ4v) is 4.32. The minimum Gasteiger partial charge on any atom is -0.337 e. The quantitative estimate of drug-likeness (QED) is 0.777. The van der Waals surface area contributed by atoms with Crippen LogP contribution in [0.2, 0.25) is 0 Å². The first kappa shape index (κ1) is 16.1. The molecule has 5 rings (SSSR count). The highest BCUT2D eigenvalue weighted by Crippen LogP contribution is 2.46. The molecule has 0 radical (unpaired) electrons. The zero-order valence-corrected chi connectivity index (χ0v) is 14.8. The van der Waals surface area contributed by atoms with E-state index in [1.807, 2.05) is 36.4 Å². The van der Waals surface area contributed by atoms with E-state index in [1.54, 1.807) is 21.6 Å². The van der Waals surface area contributed by atoms with Crippen LogP contribution < -0.4 is 5.69 Å². The highest BCUT2D eigenvalue weighted by Gasteiger charge is 2.53. The molecule has 3 aromatic rings. The van der Waals surface area contributed by atoms with Crippen LogP contribution in [0.15, 0.2) is 53.3 Å². The van der Waals surface area contributed by atoms with E-state index < -0.39 is 0 Å². The highest BCUT2D eigenvalue weighted by molar-refractivity contribution is 5.98. The molecule has 6 nitrogen and oxygen atoms in total. The molecule has 2 aromatic carbocycles. The first-order valence-electron chi connectivity index (χ1n) is 9.11. The second-order valence-electron chi connectivity index (χ2n) is 7.79. The van der Waals surface area contributed by atoms with E-state index in [0.29, 0.717) is 49.3 Å². The van der Waals surface area contributed by atoms with Crippen molar-refractivity contribution in [2.45, 2.75) is 19.4 Å². The van der Waals surface area contributed by atoms with Gasteiger partial charge < -0.3 is 9.88 Å². The summed E-state index contributed by atoms with van der Waals surface area (Å²) in [5, 5.41) is 0. The Morgan fingerprint density at radius 2 is 1.78 bits per heavy atom. The molecule has 6 heteroatoms. The van der Waals surface area contributed by atoms with Gasteiger partial charge in [0.05, 0.1) is 17.6 Å². The molecule has 0 unspecified atom stereocenters. The third-order valence-electron chi connectivity index (χ3n) is 5.69. The van der Waals surface area contributed by atoms with Gasteiger partial charge in [0.2, 0.25) is 0 Å². The van der Waals surface area contributed by atoms with Crippen LogP contribution in [0.3, 0.4) is 0 Å². The number of nitrogens with one attached hydrogen (secondary N) is 1. The fraction of sp³-hybridized carbons (Fsp3) is 0.286. The van der Waals surface area contributed by atoms with Gasteiger partial charge in [0.25, 0.3) is 5.91 Å². The molecule has 2 heterocycles. The maximum atomic E-state index is 12.7. The van der Waals surface area contributed by atoms with Crippen LogP contribution in [-0.2, 0) is 11.3 Å². The van der Waals surface area contributed by atoms with Crippen molar-refractivity contribution in [3.05, 3.63) is 70.1 Å². The first-order chi connectivity index (χ1) is 13.0. The maximum Gasteiger partial charge on any atom is 0.326 e. The number of fused-ring (bicyclic) bond motifs is 1. The number of H-pyrrole nitrogens is 1. The summed E-state index contributed by atoms with van der Waals surface area (Å²) in [6, 6.07) is 15.1. The second kappa shape index (κ2) is 5.67. The van der Waals surface area contributed by atoms with Crippen LogP contribution in [0.5, 0.6) is 0 Å². The van der Waals surface area contributed by atoms with E-state index in [4.69, 9.17) is 0 Å². The smallest absolute Gasteiger partial charge is 0.326 e. The normalized spacial score (nSPS) is 17.8. The van der Waals surface area contributed by atoms with Crippen molar-refractivity contribution in [2.24, 2.45) is 5.41 Å². The number of amides is 1. The Kier molecular flexibility index (Phi) is 3.37. The van der Waals surface area contributed by atoms with E-state index in [-0.39, 0.29) is 17.0 Å². The Hall–Kier alpha value is -3.15. The van der Waals surface area contributed by atoms with Gasteiger partial charge in [0, 0.05) is 36.9 Å². The standard InChI is InChI=1S/C21H19N3O3/c25-16-9-21(10-16)12-23(13-21)19(26)15-6-7-18-17(8-15)22-20(27)24(18)11-14-4-2-1-3-5-14/h1-8H,9-13H2,(H,22,27). The third kappa shape index (κ3) is 2.60. The van der Waals surface area contributed by atoms with Crippen molar-refractivity contribution in [1.29, 1.82) is 0 Å². The van der Waals surface area contributed by atoms with Gasteiger partial charge in [-0.1, -0.05) is 30.3 Å². The van der Waals surface area contributed by atoms with Gasteiger partial charge >= 0.3 is 5.69 Å². The number of imidazole rings is 1. The van der Waals surface area contributed by atoms with Gasteiger partial charge in [-0.05, 0) is 23.8 Å². The molecule has 27 heavy (non-hydrogen) atoms. The zero-order valence-electron chi connectivity index (χ0n) is 14.8. The summed E-state index contributed by atoms with van der Waals surface area (Å²) in [7, 11) is 0. The maximum absolute atomic E-state index is 12.7. The van der Waals surface area contributed by atoms with Gasteiger partial charge in [0.1, 0.15) is 5.78 Å². The summed E-state index contributed by atoms with van der Waals surface area (Å²) in [4.78, 5) is 40.9. The molecule has 1 aromatic heterocycles. The molecule has 0 bridgehead atoms. The Bertz CT molecular complexity index is 1110. The van der Waals surface area contributed by atoms with Crippen LogP contribution in [0.1, 0.15) is 28.8 Å². The number of carbonyl (C=O) groups excluding carboxylic acids is 2. The van der Waals surface area contributed by atoms with E-state index >= 15 is 0 Å². The lowest BCUT2D eigenvalue weighted by atomic mass is 9.62. The molecule has 1 spiro atoms.